The Labute approximate surface area is 201 Å². The van der Waals surface area contributed by atoms with Crippen molar-refractivity contribution >= 4 is 39.4 Å². The van der Waals surface area contributed by atoms with Gasteiger partial charge < -0.3 is 19.5 Å². The molecule has 1 amide bonds. The van der Waals surface area contributed by atoms with Crippen LogP contribution in [-0.2, 0) is 22.0 Å². The topological polar surface area (TPSA) is 91.6 Å². The minimum atomic E-state index is -1.08. The van der Waals surface area contributed by atoms with Gasteiger partial charge in [-0.2, -0.15) is 4.98 Å². The average Bonchev–Trinajstić information content (AvgIpc) is 3.45. The van der Waals surface area contributed by atoms with Gasteiger partial charge in [0.25, 0.3) is 0 Å². The van der Waals surface area contributed by atoms with Gasteiger partial charge in [0.05, 0.1) is 16.5 Å². The van der Waals surface area contributed by atoms with E-state index in [2.05, 4.69) is 22.3 Å². The van der Waals surface area contributed by atoms with Gasteiger partial charge in [-0.05, 0) is 31.4 Å². The highest BCUT2D eigenvalue weighted by Gasteiger charge is 2.31. The molecule has 0 aliphatic carbocycles. The number of furan rings is 1. The van der Waals surface area contributed by atoms with Gasteiger partial charge in [-0.1, -0.05) is 18.2 Å². The van der Waals surface area contributed by atoms with Gasteiger partial charge in [0.2, 0.25) is 11.9 Å². The van der Waals surface area contributed by atoms with Crippen LogP contribution in [0.1, 0.15) is 43.1 Å². The third kappa shape index (κ3) is 3.96. The van der Waals surface area contributed by atoms with E-state index in [1.807, 2.05) is 25.2 Å². The number of aromatic nitrogens is 2. The van der Waals surface area contributed by atoms with E-state index in [1.54, 1.807) is 4.90 Å². The molecule has 0 radical (unpaired) electrons. The molecule has 2 saturated heterocycles. The van der Waals surface area contributed by atoms with Crippen LogP contribution in [0.4, 0.5) is 11.8 Å². The number of likely N-dealkylation sites (tertiary alicyclic amines) is 1. The number of para-hydroxylation sites is 1. The maximum atomic E-state index is 12.7. The molecule has 9 heteroatoms. The molecular weight excluding hydrogens is 450 g/mol. The first kappa shape index (κ1) is 21.6. The molecule has 3 aliphatic heterocycles. The molecule has 5 heterocycles. The van der Waals surface area contributed by atoms with Crippen LogP contribution in [0.3, 0.4) is 0 Å². The van der Waals surface area contributed by atoms with Crippen molar-refractivity contribution in [3.63, 3.8) is 0 Å². The Balaban J connectivity index is 1.20. The van der Waals surface area contributed by atoms with Gasteiger partial charge >= 0.3 is 0 Å². The molecule has 34 heavy (non-hydrogen) atoms. The number of fused-ring (bicyclic) bond motifs is 2. The molecule has 0 saturated carbocycles. The summed E-state index contributed by atoms with van der Waals surface area (Å²) in [6, 6.07) is 10.4. The Kier molecular flexibility index (Phi) is 5.51. The quantitative estimate of drug-likeness (QED) is 0.614. The number of rotatable bonds is 4. The molecule has 2 fully saturated rings. The van der Waals surface area contributed by atoms with E-state index in [0.29, 0.717) is 42.8 Å². The number of nitrogens with zero attached hydrogens (tertiary/aromatic N) is 4. The number of carbonyl (C=O) groups excluding carboxylic acids is 1. The molecule has 8 nitrogen and oxygen atoms in total. The number of amides is 1. The summed E-state index contributed by atoms with van der Waals surface area (Å²) in [5.41, 5.74) is 1.84. The zero-order valence-corrected chi connectivity index (χ0v) is 20.1. The van der Waals surface area contributed by atoms with E-state index in [-0.39, 0.29) is 11.9 Å². The van der Waals surface area contributed by atoms with Crippen molar-refractivity contribution in [2.24, 2.45) is 0 Å². The summed E-state index contributed by atoms with van der Waals surface area (Å²) >= 11 is 0. The third-order valence-electron chi connectivity index (χ3n) is 7.27. The summed E-state index contributed by atoms with van der Waals surface area (Å²) in [6.45, 7) is 2.33. The van der Waals surface area contributed by atoms with Gasteiger partial charge in [0.15, 0.2) is 0 Å². The monoisotopic (exact) mass is 479 g/mol. The Morgan fingerprint density at radius 3 is 2.74 bits per heavy atom. The zero-order valence-electron chi connectivity index (χ0n) is 19.3. The Morgan fingerprint density at radius 2 is 1.94 bits per heavy atom. The van der Waals surface area contributed by atoms with Crippen LogP contribution in [0.5, 0.6) is 0 Å². The molecule has 1 unspecified atom stereocenters. The van der Waals surface area contributed by atoms with Crippen molar-refractivity contribution in [1.82, 2.24) is 14.9 Å². The fraction of sp³-hybridized carbons (Fsp3) is 0.480. The predicted octanol–water partition coefficient (Wildman–Crippen LogP) is 3.30. The van der Waals surface area contributed by atoms with Gasteiger partial charge in [-0.25, -0.2) is 4.98 Å². The molecule has 3 aromatic rings. The second-order valence-electron chi connectivity index (χ2n) is 9.55. The lowest BCUT2D eigenvalue weighted by molar-refractivity contribution is -0.132. The van der Waals surface area contributed by atoms with Crippen molar-refractivity contribution in [2.75, 3.05) is 42.7 Å². The van der Waals surface area contributed by atoms with Crippen LogP contribution in [0.2, 0.25) is 0 Å². The Hall–Kier alpha value is -2.94. The van der Waals surface area contributed by atoms with E-state index >= 15 is 0 Å². The lowest BCUT2D eigenvalue weighted by Gasteiger charge is -2.33. The highest BCUT2D eigenvalue weighted by atomic mass is 32.2. The lowest BCUT2D eigenvalue weighted by atomic mass is 9.94. The maximum Gasteiger partial charge on any atom is 0.227 e. The van der Waals surface area contributed by atoms with Gasteiger partial charge in [-0.3, -0.25) is 9.00 Å². The molecular formula is C25H29N5O3S. The van der Waals surface area contributed by atoms with Crippen LogP contribution in [0.15, 0.2) is 39.6 Å². The van der Waals surface area contributed by atoms with E-state index in [9.17, 15) is 9.00 Å². The second-order valence-corrected chi connectivity index (χ2v) is 11.1. The smallest absolute Gasteiger partial charge is 0.227 e. The third-order valence-corrected chi connectivity index (χ3v) is 8.73. The van der Waals surface area contributed by atoms with Crippen molar-refractivity contribution in [1.29, 1.82) is 0 Å². The molecule has 178 valence electrons. The second kappa shape index (κ2) is 8.69. The summed E-state index contributed by atoms with van der Waals surface area (Å²) in [5, 5.41) is 4.67. The molecule has 3 aliphatic rings. The fourth-order valence-electron chi connectivity index (χ4n) is 5.31. The van der Waals surface area contributed by atoms with Crippen LogP contribution < -0.4 is 10.2 Å². The van der Waals surface area contributed by atoms with Crippen LogP contribution in [0.25, 0.3) is 11.0 Å². The SMILES string of the molecule is CN1C[C@@H](Nc2nc(N3CCC(c4cc5ccccc5o4)CC3)nc3c2S(=O)CC3)CCC1=O. The van der Waals surface area contributed by atoms with Crippen molar-refractivity contribution in [3.8, 4) is 0 Å². The first-order valence-electron chi connectivity index (χ1n) is 12.1. The number of aryl methyl sites for hydroxylation is 1. The van der Waals surface area contributed by atoms with Gasteiger partial charge in [0.1, 0.15) is 22.1 Å². The van der Waals surface area contributed by atoms with Crippen LogP contribution in [0, 0.1) is 0 Å². The first-order chi connectivity index (χ1) is 16.5. The first-order valence-corrected chi connectivity index (χ1v) is 13.4. The summed E-state index contributed by atoms with van der Waals surface area (Å²) in [5.74, 6) is 3.61. The van der Waals surface area contributed by atoms with Crippen LogP contribution in [-0.4, -0.2) is 63.5 Å². The molecule has 2 atom stereocenters. The van der Waals surface area contributed by atoms with Crippen molar-refractivity contribution < 1.29 is 13.4 Å². The minimum Gasteiger partial charge on any atom is -0.461 e. The average molecular weight is 480 g/mol. The molecule has 2 aromatic heterocycles. The van der Waals surface area contributed by atoms with Crippen molar-refractivity contribution in [2.45, 2.75) is 49.0 Å². The maximum absolute atomic E-state index is 12.7. The summed E-state index contributed by atoms with van der Waals surface area (Å²) in [7, 11) is 0.750. The Bertz CT molecular complexity index is 1230. The van der Waals surface area contributed by atoms with E-state index < -0.39 is 10.8 Å². The lowest BCUT2D eigenvalue weighted by Crippen LogP contribution is -2.43. The van der Waals surface area contributed by atoms with E-state index in [0.717, 1.165) is 59.7 Å². The molecule has 0 spiro atoms. The number of nitrogens with one attached hydrogen (secondary N) is 1. The number of piperidine rings is 2. The molecule has 1 N–H and O–H groups in total. The number of hydrogen-bond acceptors (Lipinski definition) is 7. The number of anilines is 2. The standard InChI is InChI=1S/C25H29N5O3S/c1-29-15-18(6-7-22(29)31)26-24-23-19(10-13-34(23)32)27-25(28-24)30-11-8-16(9-12-30)21-14-17-4-2-3-5-20(17)33-21/h2-5,14,16,18H,6-13,15H2,1H3,(H,26,27,28)/t18-,34?/m0/s1. The number of likely N-dealkylation sites (N-methyl/N-ethyl adjacent to an activating group) is 1. The largest absolute Gasteiger partial charge is 0.461 e. The molecule has 6 rings (SSSR count). The highest BCUT2D eigenvalue weighted by Crippen LogP contribution is 2.35. The predicted molar refractivity (Wildman–Crippen MR) is 132 cm³/mol. The van der Waals surface area contributed by atoms with Crippen molar-refractivity contribution in [3.05, 3.63) is 41.8 Å². The summed E-state index contributed by atoms with van der Waals surface area (Å²) < 4.78 is 18.8. The number of carbonyl (C=O) groups is 1. The fourth-order valence-corrected chi connectivity index (χ4v) is 6.63. The normalized spacial score (nSPS) is 23.5. The minimum absolute atomic E-state index is 0.103. The molecule has 1 aromatic carbocycles. The number of benzene rings is 1. The number of hydrogen-bond donors (Lipinski definition) is 1. The summed E-state index contributed by atoms with van der Waals surface area (Å²) in [6.07, 6.45) is 3.94. The summed E-state index contributed by atoms with van der Waals surface area (Å²) in [4.78, 5) is 26.3. The van der Waals surface area contributed by atoms with Gasteiger partial charge in [-0.15, -0.1) is 0 Å². The molecule has 0 bridgehead atoms. The van der Waals surface area contributed by atoms with E-state index in [1.165, 1.54) is 0 Å². The van der Waals surface area contributed by atoms with E-state index in [4.69, 9.17) is 14.4 Å². The highest BCUT2D eigenvalue weighted by molar-refractivity contribution is 7.85. The van der Waals surface area contributed by atoms with Crippen LogP contribution >= 0.6 is 0 Å². The Morgan fingerprint density at radius 1 is 1.12 bits per heavy atom. The van der Waals surface area contributed by atoms with Gasteiger partial charge in [0, 0.05) is 62.6 Å². The zero-order chi connectivity index (χ0) is 23.2.